The topological polar surface area (TPSA) is 26.3 Å². The summed E-state index contributed by atoms with van der Waals surface area (Å²) < 4.78 is 5.21. The highest BCUT2D eigenvalue weighted by Crippen LogP contribution is 2.27. The molecule has 0 aromatic heterocycles. The van der Waals surface area contributed by atoms with E-state index in [2.05, 4.69) is 13.8 Å². The quantitative estimate of drug-likeness (QED) is 0.731. The van der Waals surface area contributed by atoms with Crippen molar-refractivity contribution in [3.8, 4) is 0 Å². The zero-order chi connectivity index (χ0) is 12.5. The minimum absolute atomic E-state index is 0.135. The van der Waals surface area contributed by atoms with Crippen molar-refractivity contribution in [1.82, 2.24) is 0 Å². The summed E-state index contributed by atoms with van der Waals surface area (Å²) in [6.07, 6.45) is 0. The first-order valence-electron chi connectivity index (χ1n) is 5.50. The summed E-state index contributed by atoms with van der Waals surface area (Å²) in [4.78, 5) is 11.7. The molecule has 0 saturated heterocycles. The van der Waals surface area contributed by atoms with Gasteiger partial charge in [-0.3, -0.25) is 4.79 Å². The Balaban J connectivity index is 3.58. The highest BCUT2D eigenvalue weighted by molar-refractivity contribution is 5.97. The molecule has 0 aliphatic rings. The molecule has 0 heterocycles. The second-order valence-corrected chi connectivity index (χ2v) is 4.34. The van der Waals surface area contributed by atoms with Gasteiger partial charge in [-0.2, -0.15) is 0 Å². The van der Waals surface area contributed by atoms with Crippen LogP contribution in [0.25, 0.3) is 0 Å². The Labute approximate surface area is 97.6 Å². The van der Waals surface area contributed by atoms with E-state index >= 15 is 0 Å². The fraction of sp³-hybridized carbons (Fsp3) is 0.500. The van der Waals surface area contributed by atoms with Gasteiger partial charge in [0.25, 0.3) is 0 Å². The average molecular weight is 220 g/mol. The highest BCUT2D eigenvalue weighted by atomic mass is 16.5. The van der Waals surface area contributed by atoms with Crippen LogP contribution in [0.15, 0.2) is 0 Å². The molecule has 1 aromatic rings. The van der Waals surface area contributed by atoms with Crippen molar-refractivity contribution in [1.29, 1.82) is 0 Å². The lowest BCUT2D eigenvalue weighted by Crippen LogP contribution is -2.09. The lowest BCUT2D eigenvalue weighted by molar-refractivity contribution is 0.101. The zero-order valence-corrected chi connectivity index (χ0v) is 11.0. The van der Waals surface area contributed by atoms with Gasteiger partial charge >= 0.3 is 0 Å². The molecule has 0 bridgehead atoms. The van der Waals surface area contributed by atoms with E-state index in [1.54, 1.807) is 14.0 Å². The Morgan fingerprint density at radius 2 is 1.56 bits per heavy atom. The van der Waals surface area contributed by atoms with Crippen LogP contribution in [0.1, 0.15) is 45.1 Å². The number of methoxy groups -OCH3 is 1. The van der Waals surface area contributed by atoms with Crippen molar-refractivity contribution in [3.63, 3.8) is 0 Å². The maximum atomic E-state index is 11.7. The van der Waals surface area contributed by atoms with Gasteiger partial charge in [0.15, 0.2) is 5.78 Å². The fourth-order valence-corrected chi connectivity index (χ4v) is 2.30. The first-order chi connectivity index (χ1) is 7.41. The number of benzene rings is 1. The van der Waals surface area contributed by atoms with Gasteiger partial charge in [-0.05, 0) is 62.4 Å². The van der Waals surface area contributed by atoms with Crippen LogP contribution in [0.3, 0.4) is 0 Å². The van der Waals surface area contributed by atoms with E-state index in [1.807, 2.05) is 13.8 Å². The van der Waals surface area contributed by atoms with E-state index in [4.69, 9.17) is 4.74 Å². The third-order valence-electron chi connectivity index (χ3n) is 3.42. The molecule has 0 aliphatic heterocycles. The van der Waals surface area contributed by atoms with Gasteiger partial charge < -0.3 is 4.74 Å². The molecule has 0 saturated carbocycles. The van der Waals surface area contributed by atoms with Gasteiger partial charge in [0.05, 0.1) is 6.61 Å². The third kappa shape index (κ3) is 2.03. The van der Waals surface area contributed by atoms with Crippen molar-refractivity contribution < 1.29 is 9.53 Å². The van der Waals surface area contributed by atoms with E-state index in [9.17, 15) is 4.79 Å². The molecule has 0 spiro atoms. The summed E-state index contributed by atoms with van der Waals surface area (Å²) in [6, 6.07) is 0. The Hall–Kier alpha value is -1.15. The molecule has 0 atom stereocenters. The van der Waals surface area contributed by atoms with Crippen LogP contribution in [0.5, 0.6) is 0 Å². The summed E-state index contributed by atoms with van der Waals surface area (Å²) in [6.45, 7) is 10.4. The Morgan fingerprint density at radius 1 is 1.00 bits per heavy atom. The number of ketones is 1. The fourth-order valence-electron chi connectivity index (χ4n) is 2.30. The largest absolute Gasteiger partial charge is 0.380 e. The number of carbonyl (C=O) groups excluding carboxylic acids is 1. The monoisotopic (exact) mass is 220 g/mol. The average Bonchev–Trinajstić information content (AvgIpc) is 2.21. The molecule has 0 N–H and O–H groups in total. The van der Waals surface area contributed by atoms with Gasteiger partial charge in [0.2, 0.25) is 0 Å². The van der Waals surface area contributed by atoms with Crippen LogP contribution in [-0.4, -0.2) is 12.9 Å². The highest BCUT2D eigenvalue weighted by Gasteiger charge is 2.16. The van der Waals surface area contributed by atoms with Crippen LogP contribution in [0.4, 0.5) is 0 Å². The van der Waals surface area contributed by atoms with Crippen LogP contribution in [0.2, 0.25) is 0 Å². The molecule has 0 radical (unpaired) electrons. The van der Waals surface area contributed by atoms with Gasteiger partial charge in [0.1, 0.15) is 0 Å². The van der Waals surface area contributed by atoms with E-state index in [1.165, 1.54) is 11.1 Å². The van der Waals surface area contributed by atoms with Gasteiger partial charge in [-0.25, -0.2) is 0 Å². The van der Waals surface area contributed by atoms with Crippen molar-refractivity contribution in [2.45, 2.75) is 41.2 Å². The molecule has 2 nitrogen and oxygen atoms in total. The molecular formula is C14H20O2. The third-order valence-corrected chi connectivity index (χ3v) is 3.42. The summed E-state index contributed by atoms with van der Waals surface area (Å²) in [5.74, 6) is 0.135. The molecule has 0 aliphatic carbocycles. The molecule has 1 rings (SSSR count). The Bertz CT molecular complexity index is 431. The Kier molecular flexibility index (Phi) is 3.87. The minimum atomic E-state index is 0.135. The van der Waals surface area contributed by atoms with Crippen LogP contribution in [-0.2, 0) is 11.3 Å². The lowest BCUT2D eigenvalue weighted by Gasteiger charge is -2.18. The molecule has 0 amide bonds. The molecule has 2 heteroatoms. The maximum absolute atomic E-state index is 11.7. The summed E-state index contributed by atoms with van der Waals surface area (Å²) >= 11 is 0. The molecule has 0 unspecified atom stereocenters. The van der Waals surface area contributed by atoms with Gasteiger partial charge in [0, 0.05) is 12.7 Å². The van der Waals surface area contributed by atoms with E-state index in [-0.39, 0.29) is 5.78 Å². The Morgan fingerprint density at radius 3 is 2.00 bits per heavy atom. The number of hydrogen-bond donors (Lipinski definition) is 0. The molecule has 0 fully saturated rings. The molecule has 1 aromatic carbocycles. The molecule has 16 heavy (non-hydrogen) atoms. The van der Waals surface area contributed by atoms with E-state index < -0.39 is 0 Å². The van der Waals surface area contributed by atoms with Crippen molar-refractivity contribution in [2.24, 2.45) is 0 Å². The van der Waals surface area contributed by atoms with Gasteiger partial charge in [-0.1, -0.05) is 0 Å². The van der Waals surface area contributed by atoms with Gasteiger partial charge in [-0.15, -0.1) is 0 Å². The van der Waals surface area contributed by atoms with Crippen molar-refractivity contribution >= 4 is 5.78 Å². The molecular weight excluding hydrogens is 200 g/mol. The predicted octanol–water partition coefficient (Wildman–Crippen LogP) is 3.27. The molecule has 88 valence electrons. The summed E-state index contributed by atoms with van der Waals surface area (Å²) in [5.41, 5.74) is 6.60. The standard InChI is InChI=1S/C14H20O2/c1-8-9(2)13(7-16-6)11(4)14(10(8)3)12(5)15/h7H2,1-6H3. The van der Waals surface area contributed by atoms with Crippen molar-refractivity contribution in [3.05, 3.63) is 33.4 Å². The second kappa shape index (κ2) is 4.79. The van der Waals surface area contributed by atoms with Crippen molar-refractivity contribution in [2.75, 3.05) is 7.11 Å². The van der Waals surface area contributed by atoms with Crippen LogP contribution in [0, 0.1) is 27.7 Å². The minimum Gasteiger partial charge on any atom is -0.380 e. The number of carbonyl (C=O) groups is 1. The summed E-state index contributed by atoms with van der Waals surface area (Å²) in [5, 5.41) is 0. The second-order valence-electron chi connectivity index (χ2n) is 4.34. The smallest absolute Gasteiger partial charge is 0.160 e. The number of rotatable bonds is 3. The lowest BCUT2D eigenvalue weighted by atomic mass is 9.88. The number of ether oxygens (including phenoxy) is 1. The SMILES string of the molecule is COCc1c(C)c(C)c(C)c(C(C)=O)c1C. The maximum Gasteiger partial charge on any atom is 0.160 e. The zero-order valence-electron chi connectivity index (χ0n) is 11.0. The summed E-state index contributed by atoms with van der Waals surface area (Å²) in [7, 11) is 1.68. The van der Waals surface area contributed by atoms with Crippen LogP contribution < -0.4 is 0 Å². The van der Waals surface area contributed by atoms with Crippen LogP contribution >= 0.6 is 0 Å². The van der Waals surface area contributed by atoms with E-state index in [0.29, 0.717) is 6.61 Å². The number of Topliss-reactive ketones (excluding diaryl/α,β-unsaturated/α-hetero) is 1. The first kappa shape index (κ1) is 12.9. The predicted molar refractivity (Wildman–Crippen MR) is 66.1 cm³/mol. The normalized spacial score (nSPS) is 10.6. The van der Waals surface area contributed by atoms with E-state index in [0.717, 1.165) is 22.3 Å². The first-order valence-corrected chi connectivity index (χ1v) is 5.50. The number of hydrogen-bond acceptors (Lipinski definition) is 2.